The van der Waals surface area contributed by atoms with Gasteiger partial charge >= 0.3 is 0 Å². The summed E-state index contributed by atoms with van der Waals surface area (Å²) in [6.45, 7) is 0.646. The number of nitrogens with two attached hydrogens (primary N) is 1. The second kappa shape index (κ2) is 7.20. The standard InChI is InChI=1S/C11H14FN5O2/c12-8-4-7(5-9(18)6-8)10(11(13)19)15-2-1-3-16-17-14/h4-6,10,15,18H,1-3H2,(H2,13,19). The number of carbonyl (C=O) groups excluding carboxylic acids is 1. The van der Waals surface area contributed by atoms with Gasteiger partial charge in [-0.2, -0.15) is 0 Å². The molecule has 0 aliphatic carbocycles. The Bertz CT molecular complexity index is 482. The van der Waals surface area contributed by atoms with Crippen LogP contribution in [0.5, 0.6) is 5.75 Å². The summed E-state index contributed by atoms with van der Waals surface area (Å²) in [6, 6.07) is 2.41. The molecular weight excluding hydrogens is 253 g/mol. The number of amides is 1. The van der Waals surface area contributed by atoms with Crippen molar-refractivity contribution in [2.24, 2.45) is 10.8 Å². The summed E-state index contributed by atoms with van der Waals surface area (Å²) in [5.41, 5.74) is 13.6. The van der Waals surface area contributed by atoms with Crippen molar-refractivity contribution in [1.82, 2.24) is 5.32 Å². The first-order valence-electron chi connectivity index (χ1n) is 5.57. The number of rotatable bonds is 7. The van der Waals surface area contributed by atoms with E-state index in [4.69, 9.17) is 11.3 Å². The third kappa shape index (κ3) is 4.82. The molecule has 102 valence electrons. The second-order valence-corrected chi connectivity index (χ2v) is 3.84. The third-order valence-electron chi connectivity index (χ3n) is 2.37. The zero-order chi connectivity index (χ0) is 14.3. The normalized spacial score (nSPS) is 11.6. The number of nitrogens with one attached hydrogen (secondary N) is 1. The molecule has 0 spiro atoms. The van der Waals surface area contributed by atoms with E-state index in [2.05, 4.69) is 15.3 Å². The number of aromatic hydroxyl groups is 1. The minimum absolute atomic E-state index is 0.244. The van der Waals surface area contributed by atoms with Crippen LogP contribution in [-0.4, -0.2) is 24.1 Å². The lowest BCUT2D eigenvalue weighted by atomic mass is 10.1. The predicted octanol–water partition coefficient (Wildman–Crippen LogP) is 1.35. The van der Waals surface area contributed by atoms with E-state index in [0.29, 0.717) is 13.0 Å². The van der Waals surface area contributed by atoms with Crippen LogP contribution in [-0.2, 0) is 4.79 Å². The maximum atomic E-state index is 13.1. The van der Waals surface area contributed by atoms with Gasteiger partial charge in [-0.3, -0.25) is 4.79 Å². The Balaban J connectivity index is 2.71. The summed E-state index contributed by atoms with van der Waals surface area (Å²) in [5, 5.41) is 15.4. The van der Waals surface area contributed by atoms with Crippen LogP contribution in [0.2, 0.25) is 0 Å². The molecule has 0 aliphatic heterocycles. The first-order valence-corrected chi connectivity index (χ1v) is 5.57. The number of carbonyl (C=O) groups is 1. The van der Waals surface area contributed by atoms with E-state index >= 15 is 0 Å². The molecule has 0 heterocycles. The molecule has 0 saturated carbocycles. The van der Waals surface area contributed by atoms with Crippen LogP contribution < -0.4 is 11.1 Å². The van der Waals surface area contributed by atoms with Gasteiger partial charge in [0.2, 0.25) is 5.91 Å². The zero-order valence-corrected chi connectivity index (χ0v) is 10.1. The highest BCUT2D eigenvalue weighted by Gasteiger charge is 2.18. The van der Waals surface area contributed by atoms with Crippen molar-refractivity contribution in [3.63, 3.8) is 0 Å². The molecule has 19 heavy (non-hydrogen) atoms. The number of phenolic OH excluding ortho intramolecular Hbond substituents is 1. The van der Waals surface area contributed by atoms with Crippen LogP contribution in [0.25, 0.3) is 10.4 Å². The fraction of sp³-hybridized carbons (Fsp3) is 0.364. The van der Waals surface area contributed by atoms with Gasteiger partial charge in [-0.25, -0.2) is 4.39 Å². The fourth-order valence-corrected chi connectivity index (χ4v) is 1.59. The number of benzene rings is 1. The maximum Gasteiger partial charge on any atom is 0.239 e. The summed E-state index contributed by atoms with van der Waals surface area (Å²) in [7, 11) is 0. The van der Waals surface area contributed by atoms with E-state index in [0.717, 1.165) is 12.1 Å². The molecule has 0 fully saturated rings. The second-order valence-electron chi connectivity index (χ2n) is 3.84. The molecule has 0 saturated heterocycles. The number of hydrogen-bond acceptors (Lipinski definition) is 4. The molecule has 1 aromatic carbocycles. The van der Waals surface area contributed by atoms with Crippen LogP contribution in [0.1, 0.15) is 18.0 Å². The van der Waals surface area contributed by atoms with E-state index in [9.17, 15) is 14.3 Å². The molecule has 1 rings (SSSR count). The molecule has 7 nitrogen and oxygen atoms in total. The van der Waals surface area contributed by atoms with Crippen molar-refractivity contribution < 1.29 is 14.3 Å². The van der Waals surface area contributed by atoms with Crippen molar-refractivity contribution in [1.29, 1.82) is 0 Å². The number of azide groups is 1. The molecule has 0 aromatic heterocycles. The van der Waals surface area contributed by atoms with Crippen molar-refractivity contribution in [3.05, 3.63) is 40.0 Å². The number of phenols is 1. The smallest absolute Gasteiger partial charge is 0.239 e. The highest BCUT2D eigenvalue weighted by molar-refractivity contribution is 5.81. The average molecular weight is 267 g/mol. The minimum atomic E-state index is -0.910. The molecule has 0 radical (unpaired) electrons. The first kappa shape index (κ1) is 14.7. The summed E-state index contributed by atoms with van der Waals surface area (Å²) < 4.78 is 13.1. The largest absolute Gasteiger partial charge is 0.508 e. The Labute approximate surface area is 108 Å². The number of nitrogens with zero attached hydrogens (tertiary/aromatic N) is 3. The lowest BCUT2D eigenvalue weighted by Crippen LogP contribution is -2.34. The van der Waals surface area contributed by atoms with Crippen LogP contribution in [0.4, 0.5) is 4.39 Å². The topological polar surface area (TPSA) is 124 Å². The highest BCUT2D eigenvalue weighted by atomic mass is 19.1. The summed E-state index contributed by atoms with van der Waals surface area (Å²) >= 11 is 0. The van der Waals surface area contributed by atoms with Gasteiger partial charge < -0.3 is 16.2 Å². The maximum absolute atomic E-state index is 13.1. The van der Waals surface area contributed by atoms with Crippen LogP contribution in [0.3, 0.4) is 0 Å². The zero-order valence-electron chi connectivity index (χ0n) is 10.1. The van der Waals surface area contributed by atoms with Crippen LogP contribution >= 0.6 is 0 Å². The van der Waals surface area contributed by atoms with E-state index in [1.54, 1.807) is 0 Å². The number of halogens is 1. The summed E-state index contributed by atoms with van der Waals surface area (Å²) in [6.07, 6.45) is 0.509. The third-order valence-corrected chi connectivity index (χ3v) is 2.37. The number of hydrogen-bond donors (Lipinski definition) is 3. The predicted molar refractivity (Wildman–Crippen MR) is 66.6 cm³/mol. The molecule has 0 aliphatic rings. The SMILES string of the molecule is [N-]=[N+]=NCCCNC(C(N)=O)c1cc(O)cc(F)c1. The van der Waals surface area contributed by atoms with Gasteiger partial charge in [0.1, 0.15) is 17.6 Å². The van der Waals surface area contributed by atoms with Crippen LogP contribution in [0, 0.1) is 5.82 Å². The molecular formula is C11H14FN5O2. The Morgan fingerprint density at radius 1 is 1.58 bits per heavy atom. The van der Waals surface area contributed by atoms with E-state index in [-0.39, 0.29) is 17.9 Å². The van der Waals surface area contributed by atoms with Gasteiger partial charge in [-0.05, 0) is 36.2 Å². The van der Waals surface area contributed by atoms with Crippen molar-refractivity contribution in [3.8, 4) is 5.75 Å². The summed E-state index contributed by atoms with van der Waals surface area (Å²) in [5.74, 6) is -1.62. The van der Waals surface area contributed by atoms with E-state index < -0.39 is 17.8 Å². The van der Waals surface area contributed by atoms with E-state index in [1.807, 2.05) is 0 Å². The molecule has 1 amide bonds. The monoisotopic (exact) mass is 267 g/mol. The lowest BCUT2D eigenvalue weighted by molar-refractivity contribution is -0.120. The Hall–Kier alpha value is -2.31. The first-order chi connectivity index (χ1) is 9.04. The Morgan fingerprint density at radius 2 is 2.32 bits per heavy atom. The molecule has 0 bridgehead atoms. The van der Waals surface area contributed by atoms with Gasteiger partial charge in [-0.1, -0.05) is 5.11 Å². The van der Waals surface area contributed by atoms with Gasteiger partial charge in [0, 0.05) is 17.5 Å². The van der Waals surface area contributed by atoms with Crippen molar-refractivity contribution in [2.75, 3.05) is 13.1 Å². The average Bonchev–Trinajstić information content (AvgIpc) is 2.31. The van der Waals surface area contributed by atoms with Crippen molar-refractivity contribution in [2.45, 2.75) is 12.5 Å². The minimum Gasteiger partial charge on any atom is -0.508 e. The Kier molecular flexibility index (Phi) is 5.59. The Morgan fingerprint density at radius 3 is 2.89 bits per heavy atom. The molecule has 8 heteroatoms. The van der Waals surface area contributed by atoms with Gasteiger partial charge in [0.05, 0.1) is 0 Å². The van der Waals surface area contributed by atoms with Gasteiger partial charge in [-0.15, -0.1) is 0 Å². The summed E-state index contributed by atoms with van der Waals surface area (Å²) in [4.78, 5) is 13.9. The van der Waals surface area contributed by atoms with Gasteiger partial charge in [0.25, 0.3) is 0 Å². The molecule has 4 N–H and O–H groups in total. The molecule has 1 atom stereocenters. The lowest BCUT2D eigenvalue weighted by Gasteiger charge is -2.15. The van der Waals surface area contributed by atoms with Gasteiger partial charge in [0.15, 0.2) is 0 Å². The molecule has 1 aromatic rings. The highest BCUT2D eigenvalue weighted by Crippen LogP contribution is 2.20. The molecule has 1 unspecified atom stereocenters. The number of primary amides is 1. The fourth-order valence-electron chi connectivity index (χ4n) is 1.59. The van der Waals surface area contributed by atoms with Crippen molar-refractivity contribution >= 4 is 5.91 Å². The quantitative estimate of drug-likeness (QED) is 0.299. The van der Waals surface area contributed by atoms with E-state index in [1.165, 1.54) is 6.07 Å². The van der Waals surface area contributed by atoms with Crippen LogP contribution in [0.15, 0.2) is 23.3 Å².